The Morgan fingerprint density at radius 2 is 1.83 bits per heavy atom. The minimum Gasteiger partial charge on any atom is -0.219 e. The molecule has 1 aromatic carbocycles. The smallest absolute Gasteiger partial charge is 0.209 e. The minimum absolute atomic E-state index is 0.716. The Balaban J connectivity index is 2.67. The minimum atomic E-state index is 0.716. The van der Waals surface area contributed by atoms with Crippen molar-refractivity contribution in [1.29, 1.82) is 0 Å². The molecule has 0 aliphatic rings. The second kappa shape index (κ2) is 3.06. The first-order valence-corrected chi connectivity index (χ1v) is 4.76. The van der Waals surface area contributed by atoms with E-state index in [-0.39, 0.29) is 0 Å². The number of benzene rings is 1. The Kier molecular flexibility index (Phi) is 1.91. The van der Waals surface area contributed by atoms with Gasteiger partial charge in [-0.1, -0.05) is 23.9 Å². The normalized spacial score (nSPS) is 10.4. The van der Waals surface area contributed by atoms with Crippen LogP contribution in [-0.2, 0) is 0 Å². The fourth-order valence-corrected chi connectivity index (χ4v) is 1.26. The molecule has 0 fully saturated rings. The van der Waals surface area contributed by atoms with Crippen molar-refractivity contribution in [2.75, 3.05) is 6.26 Å². The first-order chi connectivity index (χ1) is 5.90. The van der Waals surface area contributed by atoms with E-state index in [1.807, 2.05) is 30.5 Å². The summed E-state index contributed by atoms with van der Waals surface area (Å²) in [4.78, 5) is 4.28. The van der Waals surface area contributed by atoms with Crippen LogP contribution in [0.15, 0.2) is 29.4 Å². The average molecular weight is 177 g/mol. The molecule has 3 nitrogen and oxygen atoms in total. The molecule has 0 aliphatic carbocycles. The molecule has 1 aromatic heterocycles. The Hall–Kier alpha value is -1.16. The predicted octanol–water partition coefficient (Wildman–Crippen LogP) is 1.75. The lowest BCUT2D eigenvalue weighted by molar-refractivity contribution is 0.882. The van der Waals surface area contributed by atoms with E-state index in [4.69, 9.17) is 0 Å². The molecule has 12 heavy (non-hydrogen) atoms. The van der Waals surface area contributed by atoms with Gasteiger partial charge < -0.3 is 0 Å². The summed E-state index contributed by atoms with van der Waals surface area (Å²) in [6, 6.07) is 7.71. The zero-order chi connectivity index (χ0) is 8.39. The highest BCUT2D eigenvalue weighted by atomic mass is 32.2. The van der Waals surface area contributed by atoms with Gasteiger partial charge in [0.2, 0.25) is 5.16 Å². The molecular weight excluding hydrogens is 170 g/mol. The van der Waals surface area contributed by atoms with Crippen molar-refractivity contribution in [3.05, 3.63) is 24.3 Å². The number of fused-ring (bicyclic) bond motifs is 1. The van der Waals surface area contributed by atoms with Crippen LogP contribution in [0.2, 0.25) is 0 Å². The zero-order valence-corrected chi connectivity index (χ0v) is 7.38. The molecule has 0 radical (unpaired) electrons. The fourth-order valence-electron chi connectivity index (χ4n) is 0.952. The van der Waals surface area contributed by atoms with Crippen molar-refractivity contribution in [3.63, 3.8) is 0 Å². The van der Waals surface area contributed by atoms with Gasteiger partial charge in [0.15, 0.2) is 0 Å². The van der Waals surface area contributed by atoms with Gasteiger partial charge in [0.05, 0.1) is 5.52 Å². The van der Waals surface area contributed by atoms with Crippen molar-refractivity contribution in [3.8, 4) is 0 Å². The topological polar surface area (TPSA) is 38.7 Å². The Morgan fingerprint density at radius 3 is 2.58 bits per heavy atom. The van der Waals surface area contributed by atoms with E-state index < -0.39 is 0 Å². The summed E-state index contributed by atoms with van der Waals surface area (Å²) >= 11 is 1.50. The van der Waals surface area contributed by atoms with Gasteiger partial charge in [0.1, 0.15) is 5.52 Å². The van der Waals surface area contributed by atoms with Gasteiger partial charge in [-0.05, 0) is 18.4 Å². The van der Waals surface area contributed by atoms with Crippen molar-refractivity contribution < 1.29 is 0 Å². The lowest BCUT2D eigenvalue weighted by Gasteiger charge is -1.95. The molecule has 0 aliphatic heterocycles. The number of thioether (sulfide) groups is 1. The number of aromatic nitrogens is 3. The first-order valence-electron chi connectivity index (χ1n) is 3.53. The van der Waals surface area contributed by atoms with Crippen LogP contribution in [0.3, 0.4) is 0 Å². The van der Waals surface area contributed by atoms with Crippen molar-refractivity contribution in [1.82, 2.24) is 15.2 Å². The number of nitrogens with zero attached hydrogens (tertiary/aromatic N) is 3. The highest BCUT2D eigenvalue weighted by molar-refractivity contribution is 7.98. The molecule has 0 bridgehead atoms. The summed E-state index contributed by atoms with van der Waals surface area (Å²) in [5, 5.41) is 8.66. The maximum atomic E-state index is 4.28. The molecule has 0 N–H and O–H groups in total. The largest absolute Gasteiger partial charge is 0.219 e. The third-order valence-corrected chi connectivity index (χ3v) is 2.06. The predicted molar refractivity (Wildman–Crippen MR) is 49.1 cm³/mol. The molecule has 2 rings (SSSR count). The molecule has 2 aromatic rings. The summed E-state index contributed by atoms with van der Waals surface area (Å²) in [5.41, 5.74) is 1.74. The summed E-state index contributed by atoms with van der Waals surface area (Å²) in [5.74, 6) is 0. The van der Waals surface area contributed by atoms with E-state index in [0.717, 1.165) is 11.0 Å². The fraction of sp³-hybridized carbons (Fsp3) is 0.125. The molecular formula is C8H7N3S. The number of para-hydroxylation sites is 1. The van der Waals surface area contributed by atoms with Crippen LogP contribution in [0.4, 0.5) is 0 Å². The van der Waals surface area contributed by atoms with Crippen molar-refractivity contribution in [2.45, 2.75) is 5.16 Å². The third-order valence-electron chi connectivity index (χ3n) is 1.52. The van der Waals surface area contributed by atoms with Crippen LogP contribution in [0.5, 0.6) is 0 Å². The highest BCUT2D eigenvalue weighted by Gasteiger charge is 1.97. The van der Waals surface area contributed by atoms with Crippen LogP contribution in [0.1, 0.15) is 0 Å². The molecule has 60 valence electrons. The van der Waals surface area contributed by atoms with Crippen LogP contribution in [0, 0.1) is 0 Å². The van der Waals surface area contributed by atoms with E-state index in [0.29, 0.717) is 5.16 Å². The lowest BCUT2D eigenvalue weighted by Crippen LogP contribution is -1.90. The first kappa shape index (κ1) is 7.49. The Morgan fingerprint density at radius 1 is 1.08 bits per heavy atom. The summed E-state index contributed by atoms with van der Waals surface area (Å²) in [7, 11) is 0. The van der Waals surface area contributed by atoms with Gasteiger partial charge in [0, 0.05) is 0 Å². The quantitative estimate of drug-likeness (QED) is 0.622. The maximum Gasteiger partial charge on any atom is 0.209 e. The van der Waals surface area contributed by atoms with Crippen molar-refractivity contribution in [2.24, 2.45) is 0 Å². The summed E-state index contributed by atoms with van der Waals surface area (Å²) in [6.45, 7) is 0. The summed E-state index contributed by atoms with van der Waals surface area (Å²) < 4.78 is 0. The van der Waals surface area contributed by atoms with Crippen LogP contribution < -0.4 is 0 Å². The Bertz CT molecular complexity index is 402. The van der Waals surface area contributed by atoms with Crippen LogP contribution in [-0.4, -0.2) is 21.4 Å². The highest BCUT2D eigenvalue weighted by Crippen LogP contribution is 2.11. The third kappa shape index (κ3) is 1.25. The molecule has 0 spiro atoms. The Labute approximate surface area is 74.2 Å². The standard InChI is InChI=1S/C8H7N3S/c1-12-8-9-6-4-2-3-5-7(6)10-11-8/h2-5H,1H3. The van der Waals surface area contributed by atoms with E-state index in [9.17, 15) is 0 Å². The van der Waals surface area contributed by atoms with Gasteiger partial charge >= 0.3 is 0 Å². The van der Waals surface area contributed by atoms with Gasteiger partial charge in [-0.2, -0.15) is 0 Å². The molecule has 0 saturated heterocycles. The molecule has 0 unspecified atom stereocenters. The van der Waals surface area contributed by atoms with E-state index >= 15 is 0 Å². The van der Waals surface area contributed by atoms with E-state index in [1.165, 1.54) is 11.8 Å². The van der Waals surface area contributed by atoms with Crippen molar-refractivity contribution >= 4 is 22.8 Å². The molecule has 4 heteroatoms. The molecule has 0 amide bonds. The van der Waals surface area contributed by atoms with Gasteiger partial charge in [-0.15, -0.1) is 10.2 Å². The second-order valence-electron chi connectivity index (χ2n) is 2.29. The van der Waals surface area contributed by atoms with Gasteiger partial charge in [0.25, 0.3) is 0 Å². The van der Waals surface area contributed by atoms with Crippen LogP contribution >= 0.6 is 11.8 Å². The van der Waals surface area contributed by atoms with Crippen LogP contribution in [0.25, 0.3) is 11.0 Å². The second-order valence-corrected chi connectivity index (χ2v) is 3.06. The number of hydrogen-bond donors (Lipinski definition) is 0. The lowest BCUT2D eigenvalue weighted by atomic mass is 10.3. The SMILES string of the molecule is CSc1nnc2ccccc2n1. The molecule has 0 atom stereocenters. The number of hydrogen-bond acceptors (Lipinski definition) is 4. The van der Waals surface area contributed by atoms with Gasteiger partial charge in [-0.3, -0.25) is 0 Å². The van der Waals surface area contributed by atoms with E-state index in [1.54, 1.807) is 0 Å². The maximum absolute atomic E-state index is 4.28. The van der Waals surface area contributed by atoms with Gasteiger partial charge in [-0.25, -0.2) is 4.98 Å². The summed E-state index contributed by atoms with van der Waals surface area (Å²) in [6.07, 6.45) is 1.94. The van der Waals surface area contributed by atoms with E-state index in [2.05, 4.69) is 15.2 Å². The zero-order valence-electron chi connectivity index (χ0n) is 6.56. The monoisotopic (exact) mass is 177 g/mol. The average Bonchev–Trinajstić information content (AvgIpc) is 2.17. The molecule has 0 saturated carbocycles. The molecule has 1 heterocycles. The number of rotatable bonds is 1.